The third kappa shape index (κ3) is 3.97. The Balaban J connectivity index is 1.92. The molecule has 1 atom stereocenters. The normalized spacial score (nSPS) is 15.2. The number of sulfonamides is 1. The second-order valence-electron chi connectivity index (χ2n) is 6.84. The highest BCUT2D eigenvalue weighted by Gasteiger charge is 2.30. The molecule has 1 heterocycles. The first-order valence-electron chi connectivity index (χ1n) is 9.17. The fourth-order valence-corrected chi connectivity index (χ4v) is 4.28. The summed E-state index contributed by atoms with van der Waals surface area (Å²) >= 11 is 0. The van der Waals surface area contributed by atoms with Crippen LogP contribution in [0.5, 0.6) is 11.5 Å². The maximum Gasteiger partial charge on any atom is 0.213 e. The summed E-state index contributed by atoms with van der Waals surface area (Å²) in [5.41, 5.74) is 3.54. The van der Waals surface area contributed by atoms with E-state index in [9.17, 15) is 12.8 Å². The largest absolute Gasteiger partial charge is 0.493 e. The highest BCUT2D eigenvalue weighted by Crippen LogP contribution is 2.49. The monoisotopic (exact) mass is 413 g/mol. The number of hydrogen-bond donors (Lipinski definition) is 1. The van der Waals surface area contributed by atoms with E-state index >= 15 is 0 Å². The fourth-order valence-electron chi connectivity index (χ4n) is 3.64. The first-order chi connectivity index (χ1) is 13.9. The van der Waals surface area contributed by atoms with Gasteiger partial charge in [0.2, 0.25) is 10.0 Å². The van der Waals surface area contributed by atoms with E-state index in [2.05, 4.69) is 0 Å². The third-order valence-corrected chi connectivity index (χ3v) is 5.46. The van der Waals surface area contributed by atoms with E-state index in [4.69, 9.17) is 14.6 Å². The molecule has 1 aliphatic heterocycles. The molecular weight excluding hydrogens is 393 g/mol. The van der Waals surface area contributed by atoms with Gasteiger partial charge in [0.1, 0.15) is 23.4 Å². The minimum atomic E-state index is -3.70. The van der Waals surface area contributed by atoms with Crippen LogP contribution >= 0.6 is 0 Å². The Kier molecular flexibility index (Phi) is 5.02. The third-order valence-electron chi connectivity index (χ3n) is 4.72. The summed E-state index contributed by atoms with van der Waals surface area (Å²) in [7, 11) is -3.70. The molecule has 0 spiro atoms. The lowest BCUT2D eigenvalue weighted by atomic mass is 9.88. The molecule has 4 rings (SSSR count). The maximum atomic E-state index is 13.9. The van der Waals surface area contributed by atoms with Gasteiger partial charge in [0.05, 0.1) is 17.9 Å². The van der Waals surface area contributed by atoms with Gasteiger partial charge in [-0.3, -0.25) is 0 Å². The molecule has 1 unspecified atom stereocenters. The Morgan fingerprint density at radius 1 is 1.10 bits per heavy atom. The molecule has 29 heavy (non-hydrogen) atoms. The molecule has 0 amide bonds. The first kappa shape index (κ1) is 19.4. The first-order valence-corrected chi connectivity index (χ1v) is 10.9. The number of fused-ring (bicyclic) bond motifs is 3. The molecule has 0 aliphatic carbocycles. The van der Waals surface area contributed by atoms with E-state index in [1.54, 1.807) is 24.3 Å². The van der Waals surface area contributed by atoms with Crippen molar-refractivity contribution in [1.82, 2.24) is 0 Å². The van der Waals surface area contributed by atoms with Gasteiger partial charge >= 0.3 is 0 Å². The summed E-state index contributed by atoms with van der Waals surface area (Å²) in [6.07, 6.45) is -0.592. The van der Waals surface area contributed by atoms with Crippen molar-refractivity contribution in [3.63, 3.8) is 0 Å². The van der Waals surface area contributed by atoms with Crippen LogP contribution in [0.3, 0.4) is 0 Å². The standard InChI is InChI=1S/C22H20FNO4S/c1-2-27-19-7-4-8-20-21(19)17-10-9-14(13-29(24,25)26)11-18(17)22(28-20)15-5-3-6-16(23)12-15/h3-12,22H,2,13H2,1H3,(H2,24,25,26). The summed E-state index contributed by atoms with van der Waals surface area (Å²) in [5, 5.41) is 5.22. The Hall–Kier alpha value is -2.90. The number of hydrogen-bond acceptors (Lipinski definition) is 4. The Labute approximate surface area is 168 Å². The Morgan fingerprint density at radius 3 is 2.62 bits per heavy atom. The molecule has 0 fully saturated rings. The van der Waals surface area contributed by atoms with Gasteiger partial charge in [-0.2, -0.15) is 0 Å². The van der Waals surface area contributed by atoms with Crippen molar-refractivity contribution >= 4 is 10.0 Å². The van der Waals surface area contributed by atoms with Gasteiger partial charge in [0.25, 0.3) is 0 Å². The number of primary sulfonamides is 1. The van der Waals surface area contributed by atoms with Crippen LogP contribution < -0.4 is 14.6 Å². The van der Waals surface area contributed by atoms with Gasteiger partial charge in [0, 0.05) is 5.56 Å². The topological polar surface area (TPSA) is 78.6 Å². The van der Waals surface area contributed by atoms with Crippen LogP contribution in [0.15, 0.2) is 60.7 Å². The number of halogens is 1. The second-order valence-corrected chi connectivity index (χ2v) is 8.46. The van der Waals surface area contributed by atoms with E-state index < -0.39 is 16.1 Å². The maximum absolute atomic E-state index is 13.9. The molecule has 0 saturated carbocycles. The van der Waals surface area contributed by atoms with Gasteiger partial charge in [-0.15, -0.1) is 0 Å². The van der Waals surface area contributed by atoms with Crippen LogP contribution in [-0.2, 0) is 15.8 Å². The van der Waals surface area contributed by atoms with Crippen LogP contribution in [0.1, 0.15) is 29.7 Å². The van der Waals surface area contributed by atoms with Crippen molar-refractivity contribution in [2.75, 3.05) is 6.61 Å². The van der Waals surface area contributed by atoms with Gasteiger partial charge in [0.15, 0.2) is 0 Å². The predicted molar refractivity (Wildman–Crippen MR) is 109 cm³/mol. The Morgan fingerprint density at radius 2 is 1.90 bits per heavy atom. The van der Waals surface area contributed by atoms with E-state index in [0.717, 1.165) is 16.7 Å². The van der Waals surface area contributed by atoms with Gasteiger partial charge in [-0.1, -0.05) is 36.4 Å². The van der Waals surface area contributed by atoms with Crippen molar-refractivity contribution in [3.8, 4) is 22.6 Å². The molecule has 7 heteroatoms. The predicted octanol–water partition coefficient (Wildman–Crippen LogP) is 4.16. The van der Waals surface area contributed by atoms with E-state index in [1.807, 2.05) is 31.2 Å². The van der Waals surface area contributed by atoms with E-state index in [1.165, 1.54) is 12.1 Å². The molecule has 0 bridgehead atoms. The van der Waals surface area contributed by atoms with Crippen molar-refractivity contribution in [2.24, 2.45) is 5.14 Å². The minimum Gasteiger partial charge on any atom is -0.493 e. The zero-order valence-electron chi connectivity index (χ0n) is 15.8. The van der Waals surface area contributed by atoms with E-state index in [-0.39, 0.29) is 11.6 Å². The van der Waals surface area contributed by atoms with Crippen LogP contribution in [-0.4, -0.2) is 15.0 Å². The average Bonchev–Trinajstić information content (AvgIpc) is 2.66. The zero-order valence-corrected chi connectivity index (χ0v) is 16.6. The second kappa shape index (κ2) is 7.50. The molecule has 0 saturated heterocycles. The highest BCUT2D eigenvalue weighted by atomic mass is 32.2. The number of nitrogens with two attached hydrogens (primary N) is 1. The molecule has 1 aliphatic rings. The molecule has 3 aromatic carbocycles. The van der Waals surface area contributed by atoms with Crippen LogP contribution in [0, 0.1) is 5.82 Å². The number of ether oxygens (including phenoxy) is 2. The van der Waals surface area contributed by atoms with Crippen LogP contribution in [0.4, 0.5) is 4.39 Å². The lowest BCUT2D eigenvalue weighted by Gasteiger charge is -2.30. The molecule has 3 aromatic rings. The van der Waals surface area contributed by atoms with Crippen molar-refractivity contribution in [3.05, 3.63) is 83.2 Å². The summed E-state index contributed by atoms with van der Waals surface area (Å²) in [5.74, 6) is 0.623. The van der Waals surface area contributed by atoms with Crippen molar-refractivity contribution in [1.29, 1.82) is 0 Å². The number of rotatable bonds is 5. The van der Waals surface area contributed by atoms with Crippen LogP contribution in [0.2, 0.25) is 0 Å². The molecule has 0 aromatic heterocycles. The molecule has 2 N–H and O–H groups in total. The Bertz CT molecular complexity index is 1180. The lowest BCUT2D eigenvalue weighted by Crippen LogP contribution is -2.18. The summed E-state index contributed by atoms with van der Waals surface area (Å²) in [6.45, 7) is 2.39. The summed E-state index contributed by atoms with van der Waals surface area (Å²) in [6, 6.07) is 17.0. The SMILES string of the molecule is CCOc1cccc2c1-c1ccc(CS(N)(=O)=O)cc1C(c1cccc(F)c1)O2. The van der Waals surface area contributed by atoms with Gasteiger partial charge in [-0.05, 0) is 47.9 Å². The molecular formula is C22H20FNO4S. The molecule has 150 valence electrons. The number of benzene rings is 3. The van der Waals surface area contributed by atoms with Gasteiger partial charge < -0.3 is 9.47 Å². The van der Waals surface area contributed by atoms with Crippen molar-refractivity contribution in [2.45, 2.75) is 18.8 Å². The molecule has 5 nitrogen and oxygen atoms in total. The molecule has 0 radical (unpaired) electrons. The summed E-state index contributed by atoms with van der Waals surface area (Å²) < 4.78 is 49.1. The van der Waals surface area contributed by atoms with E-state index in [0.29, 0.717) is 29.2 Å². The highest BCUT2D eigenvalue weighted by molar-refractivity contribution is 7.88. The average molecular weight is 413 g/mol. The fraction of sp³-hybridized carbons (Fsp3) is 0.182. The quantitative estimate of drug-likeness (QED) is 0.681. The van der Waals surface area contributed by atoms with Crippen molar-refractivity contribution < 1.29 is 22.3 Å². The lowest BCUT2D eigenvalue weighted by molar-refractivity contribution is 0.240. The minimum absolute atomic E-state index is 0.296. The summed E-state index contributed by atoms with van der Waals surface area (Å²) in [4.78, 5) is 0. The smallest absolute Gasteiger partial charge is 0.213 e. The zero-order chi connectivity index (χ0) is 20.6. The van der Waals surface area contributed by atoms with Gasteiger partial charge in [-0.25, -0.2) is 17.9 Å². The van der Waals surface area contributed by atoms with Crippen LogP contribution in [0.25, 0.3) is 11.1 Å².